The first-order chi connectivity index (χ1) is 8.56. The third-order valence-electron chi connectivity index (χ3n) is 3.48. The predicted octanol–water partition coefficient (Wildman–Crippen LogP) is 2.33. The van der Waals surface area contributed by atoms with E-state index in [0.717, 1.165) is 29.4 Å². The number of hydrogen-bond acceptors (Lipinski definition) is 2. The Morgan fingerprint density at radius 1 is 1.56 bits per heavy atom. The summed E-state index contributed by atoms with van der Waals surface area (Å²) in [6, 6.07) is 8.42. The van der Waals surface area contributed by atoms with E-state index in [9.17, 15) is 4.79 Å². The molecule has 1 amide bonds. The van der Waals surface area contributed by atoms with Gasteiger partial charge in [0.05, 0.1) is 6.42 Å². The van der Waals surface area contributed by atoms with Crippen LogP contribution in [0.1, 0.15) is 25.3 Å². The molecule has 1 aromatic carbocycles. The first-order valence-electron chi connectivity index (χ1n) is 6.36. The molecule has 2 rings (SSSR count). The van der Waals surface area contributed by atoms with Crippen molar-refractivity contribution in [1.82, 2.24) is 4.90 Å². The maximum absolute atomic E-state index is 12.3. The van der Waals surface area contributed by atoms with Crippen molar-refractivity contribution in [1.29, 1.82) is 0 Å². The van der Waals surface area contributed by atoms with Crippen molar-refractivity contribution >= 4 is 21.8 Å². The zero-order valence-electron chi connectivity index (χ0n) is 10.6. The highest BCUT2D eigenvalue weighted by atomic mass is 79.9. The molecular weight excluding hydrogens is 292 g/mol. The summed E-state index contributed by atoms with van der Waals surface area (Å²) in [6.45, 7) is 2.87. The smallest absolute Gasteiger partial charge is 0.227 e. The van der Waals surface area contributed by atoms with Gasteiger partial charge in [-0.15, -0.1) is 0 Å². The normalized spacial score (nSPS) is 24.1. The minimum absolute atomic E-state index is 0.201. The lowest BCUT2D eigenvalue weighted by atomic mass is 9.98. The van der Waals surface area contributed by atoms with E-state index in [-0.39, 0.29) is 18.0 Å². The molecule has 2 atom stereocenters. The van der Waals surface area contributed by atoms with Gasteiger partial charge >= 0.3 is 0 Å². The van der Waals surface area contributed by atoms with E-state index < -0.39 is 0 Å². The van der Waals surface area contributed by atoms with Crippen LogP contribution in [0.2, 0.25) is 0 Å². The van der Waals surface area contributed by atoms with Crippen molar-refractivity contribution in [2.24, 2.45) is 5.73 Å². The predicted molar refractivity (Wildman–Crippen MR) is 76.2 cm³/mol. The molecule has 0 saturated carbocycles. The van der Waals surface area contributed by atoms with Crippen LogP contribution < -0.4 is 5.73 Å². The van der Waals surface area contributed by atoms with Gasteiger partial charge in [-0.1, -0.05) is 28.1 Å². The molecule has 1 aliphatic heterocycles. The lowest BCUT2D eigenvalue weighted by Crippen LogP contribution is -2.48. The van der Waals surface area contributed by atoms with Crippen LogP contribution in [0.4, 0.5) is 0 Å². The average molecular weight is 311 g/mol. The minimum Gasteiger partial charge on any atom is -0.340 e. The number of hydrogen-bond donors (Lipinski definition) is 1. The first kappa shape index (κ1) is 13.6. The Morgan fingerprint density at radius 2 is 2.33 bits per heavy atom. The van der Waals surface area contributed by atoms with Gasteiger partial charge in [0.15, 0.2) is 0 Å². The van der Waals surface area contributed by atoms with E-state index in [1.807, 2.05) is 29.2 Å². The molecule has 4 heteroatoms. The van der Waals surface area contributed by atoms with Gasteiger partial charge in [-0.2, -0.15) is 0 Å². The largest absolute Gasteiger partial charge is 0.340 e. The second kappa shape index (κ2) is 5.85. The number of amides is 1. The van der Waals surface area contributed by atoms with Crippen LogP contribution in [-0.4, -0.2) is 29.4 Å². The highest BCUT2D eigenvalue weighted by Crippen LogP contribution is 2.18. The molecule has 98 valence electrons. The van der Waals surface area contributed by atoms with Gasteiger partial charge in [-0.25, -0.2) is 0 Å². The number of halogens is 1. The van der Waals surface area contributed by atoms with Crippen LogP contribution >= 0.6 is 15.9 Å². The van der Waals surface area contributed by atoms with Crippen molar-refractivity contribution < 1.29 is 4.79 Å². The van der Waals surface area contributed by atoms with Crippen LogP contribution in [0, 0.1) is 0 Å². The maximum Gasteiger partial charge on any atom is 0.227 e. The third-order valence-corrected chi connectivity index (χ3v) is 3.97. The summed E-state index contributed by atoms with van der Waals surface area (Å²) in [5.74, 6) is 0.201. The summed E-state index contributed by atoms with van der Waals surface area (Å²) < 4.78 is 1.02. The van der Waals surface area contributed by atoms with Crippen LogP contribution in [0.5, 0.6) is 0 Å². The molecule has 0 unspecified atom stereocenters. The zero-order valence-corrected chi connectivity index (χ0v) is 12.2. The van der Waals surface area contributed by atoms with E-state index in [0.29, 0.717) is 6.42 Å². The van der Waals surface area contributed by atoms with Crippen molar-refractivity contribution in [2.75, 3.05) is 6.54 Å². The van der Waals surface area contributed by atoms with Gasteiger partial charge in [-0.3, -0.25) is 4.79 Å². The fourth-order valence-electron chi connectivity index (χ4n) is 2.50. The van der Waals surface area contributed by atoms with Crippen molar-refractivity contribution in [3.63, 3.8) is 0 Å². The van der Waals surface area contributed by atoms with Gasteiger partial charge in [-0.05, 0) is 37.5 Å². The number of nitrogens with zero attached hydrogens (tertiary/aromatic N) is 1. The maximum atomic E-state index is 12.3. The second-order valence-corrected chi connectivity index (χ2v) is 5.94. The Labute approximate surface area is 116 Å². The van der Waals surface area contributed by atoms with E-state index in [1.54, 1.807) is 0 Å². The molecule has 1 aromatic rings. The number of piperidine rings is 1. The molecule has 0 aliphatic carbocycles. The van der Waals surface area contributed by atoms with Gasteiger partial charge in [0.1, 0.15) is 0 Å². The number of likely N-dealkylation sites (tertiary alicyclic amines) is 1. The van der Waals surface area contributed by atoms with E-state index in [1.165, 1.54) is 0 Å². The summed E-state index contributed by atoms with van der Waals surface area (Å²) in [7, 11) is 0. The Hall–Kier alpha value is -0.870. The van der Waals surface area contributed by atoms with Crippen LogP contribution in [0.25, 0.3) is 0 Å². The second-order valence-electron chi connectivity index (χ2n) is 5.03. The SMILES string of the molecule is C[C@H]1C[C@H](N)CCN1C(=O)Cc1cccc(Br)c1. The molecule has 1 saturated heterocycles. The molecule has 0 spiro atoms. The first-order valence-corrected chi connectivity index (χ1v) is 7.15. The number of rotatable bonds is 2. The van der Waals surface area contributed by atoms with Crippen molar-refractivity contribution in [3.8, 4) is 0 Å². The summed E-state index contributed by atoms with van der Waals surface area (Å²) in [5.41, 5.74) is 6.97. The van der Waals surface area contributed by atoms with E-state index in [2.05, 4.69) is 22.9 Å². The van der Waals surface area contributed by atoms with Crippen LogP contribution in [-0.2, 0) is 11.2 Å². The monoisotopic (exact) mass is 310 g/mol. The van der Waals surface area contributed by atoms with Crippen molar-refractivity contribution in [2.45, 2.75) is 38.3 Å². The van der Waals surface area contributed by atoms with Crippen LogP contribution in [0.15, 0.2) is 28.7 Å². The standard InChI is InChI=1S/C14H19BrN2O/c1-10-7-13(16)5-6-17(10)14(18)9-11-3-2-4-12(15)8-11/h2-4,8,10,13H,5-7,9,16H2,1H3/t10-,13+/m0/s1. The molecule has 0 radical (unpaired) electrons. The Bertz CT molecular complexity index is 436. The minimum atomic E-state index is 0.201. The lowest BCUT2D eigenvalue weighted by molar-refractivity contribution is -0.133. The molecule has 1 aliphatic rings. The Kier molecular flexibility index (Phi) is 4.40. The number of benzene rings is 1. The molecule has 0 bridgehead atoms. The molecule has 1 fully saturated rings. The summed E-state index contributed by atoms with van der Waals surface area (Å²) in [6.07, 6.45) is 2.29. The number of carbonyl (C=O) groups excluding carboxylic acids is 1. The van der Waals surface area contributed by atoms with Crippen LogP contribution in [0.3, 0.4) is 0 Å². The quantitative estimate of drug-likeness (QED) is 0.911. The van der Waals surface area contributed by atoms with Gasteiger partial charge in [0.2, 0.25) is 5.91 Å². The van der Waals surface area contributed by atoms with Gasteiger partial charge in [0, 0.05) is 23.1 Å². The highest BCUT2D eigenvalue weighted by molar-refractivity contribution is 9.10. The fraction of sp³-hybridized carbons (Fsp3) is 0.500. The van der Waals surface area contributed by atoms with E-state index >= 15 is 0 Å². The highest BCUT2D eigenvalue weighted by Gasteiger charge is 2.26. The molecule has 0 aromatic heterocycles. The zero-order chi connectivity index (χ0) is 13.1. The summed E-state index contributed by atoms with van der Waals surface area (Å²) >= 11 is 3.43. The molecule has 1 heterocycles. The molecule has 18 heavy (non-hydrogen) atoms. The number of nitrogens with two attached hydrogens (primary N) is 1. The Morgan fingerprint density at radius 3 is 3.00 bits per heavy atom. The number of carbonyl (C=O) groups is 1. The Balaban J connectivity index is 1.99. The van der Waals surface area contributed by atoms with Gasteiger partial charge in [0.25, 0.3) is 0 Å². The van der Waals surface area contributed by atoms with E-state index in [4.69, 9.17) is 5.73 Å². The summed E-state index contributed by atoms with van der Waals surface area (Å²) in [5, 5.41) is 0. The third kappa shape index (κ3) is 3.33. The topological polar surface area (TPSA) is 46.3 Å². The lowest BCUT2D eigenvalue weighted by Gasteiger charge is -2.36. The molecular formula is C14H19BrN2O. The molecule has 3 nitrogen and oxygen atoms in total. The van der Waals surface area contributed by atoms with Crippen molar-refractivity contribution in [3.05, 3.63) is 34.3 Å². The fourth-order valence-corrected chi connectivity index (χ4v) is 2.95. The average Bonchev–Trinajstić information content (AvgIpc) is 2.28. The molecule has 2 N–H and O–H groups in total. The summed E-state index contributed by atoms with van der Waals surface area (Å²) in [4.78, 5) is 14.2. The van der Waals surface area contributed by atoms with Gasteiger partial charge < -0.3 is 10.6 Å².